The quantitative estimate of drug-likeness (QED) is 0.727. The van der Waals surface area contributed by atoms with Crippen LogP contribution in [0.1, 0.15) is 16.7 Å². The Morgan fingerprint density at radius 2 is 2.24 bits per heavy atom. The van der Waals surface area contributed by atoms with Crippen molar-refractivity contribution >= 4 is 38.7 Å². The van der Waals surface area contributed by atoms with E-state index in [0.717, 1.165) is 34.1 Å². The van der Waals surface area contributed by atoms with Gasteiger partial charge in [-0.15, -0.1) is 22.7 Å². The minimum Gasteiger partial charge on any atom is -0.367 e. The molecule has 21 heavy (non-hydrogen) atoms. The number of hydrogen-bond acceptors (Lipinski definition) is 7. The number of fused-ring (bicyclic) bond motifs is 1. The highest BCUT2D eigenvalue weighted by Crippen LogP contribution is 2.33. The smallest absolute Gasteiger partial charge is 0.150 e. The zero-order chi connectivity index (χ0) is 14.2. The predicted molar refractivity (Wildman–Crippen MR) is 85.2 cm³/mol. The summed E-state index contributed by atoms with van der Waals surface area (Å²) in [6, 6.07) is 0. The van der Waals surface area contributed by atoms with Crippen LogP contribution < -0.4 is 4.90 Å². The van der Waals surface area contributed by atoms with Gasteiger partial charge in [-0.3, -0.25) is 0 Å². The molecule has 1 saturated heterocycles. The third-order valence-corrected chi connectivity index (χ3v) is 5.56. The fraction of sp³-hybridized carbons (Fsp3) is 0.357. The first-order valence-corrected chi connectivity index (χ1v) is 8.53. The molecule has 0 amide bonds. The van der Waals surface area contributed by atoms with E-state index in [0.29, 0.717) is 6.61 Å². The van der Waals surface area contributed by atoms with E-state index in [1.807, 2.05) is 11.6 Å². The first-order chi connectivity index (χ1) is 10.3. The fourth-order valence-electron chi connectivity index (χ4n) is 2.57. The van der Waals surface area contributed by atoms with E-state index in [-0.39, 0.29) is 6.10 Å². The van der Waals surface area contributed by atoms with Crippen LogP contribution in [0.3, 0.4) is 0 Å². The van der Waals surface area contributed by atoms with Gasteiger partial charge in [-0.05, 0) is 17.9 Å². The number of rotatable bonds is 2. The third-order valence-electron chi connectivity index (χ3n) is 3.60. The number of morpholine rings is 1. The topological polar surface area (TPSA) is 51.1 Å². The zero-order valence-electron chi connectivity index (χ0n) is 11.5. The molecule has 0 radical (unpaired) electrons. The molecule has 1 unspecified atom stereocenters. The van der Waals surface area contributed by atoms with E-state index in [9.17, 15) is 0 Å². The second kappa shape index (κ2) is 5.32. The summed E-state index contributed by atoms with van der Waals surface area (Å²) in [6.07, 6.45) is 3.52. The van der Waals surface area contributed by atoms with E-state index < -0.39 is 0 Å². The van der Waals surface area contributed by atoms with Crippen molar-refractivity contribution < 1.29 is 4.74 Å². The summed E-state index contributed by atoms with van der Waals surface area (Å²) < 4.78 is 7.02. The molecular weight excluding hydrogens is 304 g/mol. The van der Waals surface area contributed by atoms with Crippen molar-refractivity contribution in [3.05, 3.63) is 33.9 Å². The van der Waals surface area contributed by atoms with E-state index >= 15 is 0 Å². The second-order valence-corrected chi connectivity index (χ2v) is 6.78. The van der Waals surface area contributed by atoms with Gasteiger partial charge in [0.1, 0.15) is 23.3 Å². The van der Waals surface area contributed by atoms with Gasteiger partial charge in [-0.2, -0.15) is 0 Å². The average Bonchev–Trinajstić information content (AvgIpc) is 3.18. The Hall–Kier alpha value is -1.57. The van der Waals surface area contributed by atoms with Crippen LogP contribution in [0, 0.1) is 6.92 Å². The van der Waals surface area contributed by atoms with Crippen LogP contribution >= 0.6 is 22.7 Å². The van der Waals surface area contributed by atoms with E-state index in [1.54, 1.807) is 29.0 Å². The molecule has 1 aliphatic heterocycles. The summed E-state index contributed by atoms with van der Waals surface area (Å²) >= 11 is 3.35. The number of ether oxygens (including phenoxy) is 1. The van der Waals surface area contributed by atoms with Gasteiger partial charge in [-0.25, -0.2) is 15.0 Å². The summed E-state index contributed by atoms with van der Waals surface area (Å²) in [5.74, 6) is 1.02. The second-order valence-electron chi connectivity index (χ2n) is 4.97. The van der Waals surface area contributed by atoms with Crippen molar-refractivity contribution in [1.82, 2.24) is 15.0 Å². The molecule has 108 valence electrons. The molecule has 0 spiro atoms. The lowest BCUT2D eigenvalue weighted by atomic mass is 10.2. The highest BCUT2D eigenvalue weighted by molar-refractivity contribution is 7.18. The zero-order valence-corrected chi connectivity index (χ0v) is 13.2. The molecular formula is C14H14N4OS2. The molecule has 0 saturated carbocycles. The lowest BCUT2D eigenvalue weighted by molar-refractivity contribution is 0.0395. The van der Waals surface area contributed by atoms with Gasteiger partial charge < -0.3 is 9.64 Å². The summed E-state index contributed by atoms with van der Waals surface area (Å²) in [4.78, 5) is 15.6. The third kappa shape index (κ3) is 2.31. The monoisotopic (exact) mass is 318 g/mol. The highest BCUT2D eigenvalue weighted by atomic mass is 32.1. The summed E-state index contributed by atoms with van der Waals surface area (Å²) in [7, 11) is 0. The van der Waals surface area contributed by atoms with Gasteiger partial charge in [0.15, 0.2) is 0 Å². The summed E-state index contributed by atoms with van der Waals surface area (Å²) in [6.45, 7) is 4.43. The maximum atomic E-state index is 5.86. The van der Waals surface area contributed by atoms with Gasteiger partial charge in [0.2, 0.25) is 0 Å². The SMILES string of the molecule is Cc1csc2c(N3CCOC(c4nccs4)C3)ncnc12. The molecule has 7 heteroatoms. The molecule has 3 aromatic heterocycles. The largest absolute Gasteiger partial charge is 0.367 e. The summed E-state index contributed by atoms with van der Waals surface area (Å²) in [5, 5.41) is 5.16. The number of thiophene rings is 1. The average molecular weight is 318 g/mol. The minimum atomic E-state index is 0.0322. The Labute approximate surface area is 130 Å². The van der Waals surface area contributed by atoms with Crippen molar-refractivity contribution in [2.75, 3.05) is 24.6 Å². The van der Waals surface area contributed by atoms with Crippen LogP contribution in [0.5, 0.6) is 0 Å². The molecule has 1 fully saturated rings. The Morgan fingerprint density at radius 3 is 3.10 bits per heavy atom. The Bertz CT molecular complexity index is 756. The van der Waals surface area contributed by atoms with Gasteiger partial charge in [-0.1, -0.05) is 0 Å². The molecule has 0 N–H and O–H groups in total. The molecule has 0 aromatic carbocycles. The number of aromatic nitrogens is 3. The van der Waals surface area contributed by atoms with E-state index in [4.69, 9.17) is 4.74 Å². The molecule has 3 aromatic rings. The van der Waals surface area contributed by atoms with Crippen molar-refractivity contribution in [2.45, 2.75) is 13.0 Å². The lowest BCUT2D eigenvalue weighted by Crippen LogP contribution is -2.38. The molecule has 1 aliphatic rings. The van der Waals surface area contributed by atoms with Crippen LogP contribution in [-0.4, -0.2) is 34.6 Å². The normalized spacial score (nSPS) is 19.3. The lowest BCUT2D eigenvalue weighted by Gasteiger charge is -2.32. The molecule has 0 bridgehead atoms. The van der Waals surface area contributed by atoms with Crippen LogP contribution in [0.15, 0.2) is 23.3 Å². The van der Waals surface area contributed by atoms with Gasteiger partial charge in [0, 0.05) is 18.1 Å². The first-order valence-electron chi connectivity index (χ1n) is 6.77. The molecule has 4 rings (SSSR count). The highest BCUT2D eigenvalue weighted by Gasteiger charge is 2.26. The van der Waals surface area contributed by atoms with E-state index in [1.165, 1.54) is 5.56 Å². The van der Waals surface area contributed by atoms with E-state index in [2.05, 4.69) is 32.2 Å². The van der Waals surface area contributed by atoms with Crippen molar-refractivity contribution in [1.29, 1.82) is 0 Å². The minimum absolute atomic E-state index is 0.0322. The molecule has 1 atom stereocenters. The van der Waals surface area contributed by atoms with Crippen LogP contribution in [0.2, 0.25) is 0 Å². The van der Waals surface area contributed by atoms with Crippen molar-refractivity contribution in [3.63, 3.8) is 0 Å². The first kappa shape index (κ1) is 13.1. The molecule has 4 heterocycles. The fourth-order valence-corrected chi connectivity index (χ4v) is 4.26. The standard InChI is InChI=1S/C14H14N4OS2/c1-9-7-21-12-11(9)16-8-17-13(12)18-3-4-19-10(6-18)14-15-2-5-20-14/h2,5,7-8,10H,3-4,6H2,1H3. The summed E-state index contributed by atoms with van der Waals surface area (Å²) in [5.41, 5.74) is 2.27. The number of thiazole rings is 1. The number of aryl methyl sites for hydroxylation is 1. The molecule has 5 nitrogen and oxygen atoms in total. The number of anilines is 1. The van der Waals surface area contributed by atoms with Crippen LogP contribution in [-0.2, 0) is 4.74 Å². The van der Waals surface area contributed by atoms with Gasteiger partial charge in [0.05, 0.1) is 23.4 Å². The maximum Gasteiger partial charge on any atom is 0.150 e. The van der Waals surface area contributed by atoms with Crippen LogP contribution in [0.25, 0.3) is 10.2 Å². The predicted octanol–water partition coefficient (Wildman–Crippen LogP) is 3.03. The van der Waals surface area contributed by atoms with Crippen molar-refractivity contribution in [2.24, 2.45) is 0 Å². The van der Waals surface area contributed by atoms with Gasteiger partial charge >= 0.3 is 0 Å². The number of nitrogens with zero attached hydrogens (tertiary/aromatic N) is 4. The molecule has 0 aliphatic carbocycles. The maximum absolute atomic E-state index is 5.86. The Kier molecular flexibility index (Phi) is 3.33. The number of hydrogen-bond donors (Lipinski definition) is 0. The Balaban J connectivity index is 1.68. The van der Waals surface area contributed by atoms with Crippen molar-refractivity contribution in [3.8, 4) is 0 Å². The van der Waals surface area contributed by atoms with Crippen LogP contribution in [0.4, 0.5) is 5.82 Å². The van der Waals surface area contributed by atoms with Gasteiger partial charge in [0.25, 0.3) is 0 Å². The Morgan fingerprint density at radius 1 is 1.29 bits per heavy atom.